The van der Waals surface area contributed by atoms with E-state index in [1.54, 1.807) is 0 Å². The van der Waals surface area contributed by atoms with Crippen molar-refractivity contribution in [1.29, 1.82) is 0 Å². The van der Waals surface area contributed by atoms with Crippen molar-refractivity contribution in [3.8, 4) is 0 Å². The first-order valence-electron chi connectivity index (χ1n) is 5.93. The third-order valence-electron chi connectivity index (χ3n) is 2.80. The highest BCUT2D eigenvalue weighted by Crippen LogP contribution is 2.29. The van der Waals surface area contributed by atoms with Gasteiger partial charge in [-0.2, -0.15) is 0 Å². The van der Waals surface area contributed by atoms with Gasteiger partial charge in [0.15, 0.2) is 5.52 Å². The molecule has 0 spiro atoms. The number of benzene rings is 1. The predicted octanol–water partition coefficient (Wildman–Crippen LogP) is 1.80. The number of carbonyl (C=O) groups is 1. The lowest BCUT2D eigenvalue weighted by atomic mass is 10.1. The summed E-state index contributed by atoms with van der Waals surface area (Å²) < 4.78 is 4.51. The van der Waals surface area contributed by atoms with E-state index in [0.29, 0.717) is 18.5 Å². The molecule has 0 aliphatic rings. The molecule has 0 radical (unpaired) electrons. The highest BCUT2D eigenvalue weighted by atomic mass is 16.6. The Bertz CT molecular complexity index is 653. The average Bonchev–Trinajstić information content (AvgIpc) is 2.87. The molecular formula is C11H12N4O5. The second kappa shape index (κ2) is 5.51. The third kappa shape index (κ3) is 2.51. The van der Waals surface area contributed by atoms with Gasteiger partial charge in [-0.15, -0.1) is 0 Å². The zero-order valence-electron chi connectivity index (χ0n) is 10.6. The van der Waals surface area contributed by atoms with Crippen LogP contribution < -0.4 is 5.32 Å². The van der Waals surface area contributed by atoms with E-state index in [2.05, 4.69) is 20.3 Å². The molecule has 1 unspecified atom stereocenters. The van der Waals surface area contributed by atoms with Crippen LogP contribution in [-0.2, 0) is 4.79 Å². The summed E-state index contributed by atoms with van der Waals surface area (Å²) in [6.07, 6.45) is 1.09. The Kier molecular flexibility index (Phi) is 3.78. The van der Waals surface area contributed by atoms with Crippen molar-refractivity contribution in [2.75, 3.05) is 5.32 Å². The van der Waals surface area contributed by atoms with E-state index in [4.69, 9.17) is 5.11 Å². The van der Waals surface area contributed by atoms with Crippen LogP contribution in [0.15, 0.2) is 16.8 Å². The van der Waals surface area contributed by atoms with Gasteiger partial charge in [0.1, 0.15) is 6.04 Å². The van der Waals surface area contributed by atoms with Crippen LogP contribution >= 0.6 is 0 Å². The molecule has 9 heteroatoms. The van der Waals surface area contributed by atoms with Gasteiger partial charge in [-0.05, 0) is 22.8 Å². The predicted molar refractivity (Wildman–Crippen MR) is 68.4 cm³/mol. The Balaban J connectivity index is 2.40. The number of fused-ring (bicyclic) bond motifs is 1. The molecule has 0 aliphatic heterocycles. The number of rotatable bonds is 6. The number of nitro benzene ring substituents is 1. The number of nitrogens with zero attached hydrogens (tertiary/aromatic N) is 3. The monoisotopic (exact) mass is 280 g/mol. The maximum Gasteiger partial charge on any atom is 0.326 e. The van der Waals surface area contributed by atoms with Crippen molar-refractivity contribution >= 4 is 28.4 Å². The minimum atomic E-state index is -1.00. The second-order valence-corrected chi connectivity index (χ2v) is 4.17. The summed E-state index contributed by atoms with van der Waals surface area (Å²) in [5, 5.41) is 29.8. The normalized spacial score (nSPS) is 12.2. The fourth-order valence-corrected chi connectivity index (χ4v) is 1.85. The molecule has 1 aromatic carbocycles. The molecule has 2 aromatic rings. The maximum atomic E-state index is 11.1. The number of nitro groups is 1. The number of aromatic nitrogens is 2. The van der Waals surface area contributed by atoms with Crippen LogP contribution in [0.3, 0.4) is 0 Å². The zero-order valence-corrected chi connectivity index (χ0v) is 10.6. The van der Waals surface area contributed by atoms with Gasteiger partial charge in [-0.3, -0.25) is 10.1 Å². The molecule has 0 amide bonds. The Hall–Kier alpha value is -2.71. The molecule has 0 fully saturated rings. The molecule has 0 bridgehead atoms. The van der Waals surface area contributed by atoms with Crippen LogP contribution in [0, 0.1) is 10.1 Å². The van der Waals surface area contributed by atoms with Crippen molar-refractivity contribution in [3.63, 3.8) is 0 Å². The smallest absolute Gasteiger partial charge is 0.326 e. The van der Waals surface area contributed by atoms with Crippen LogP contribution in [0.1, 0.15) is 19.8 Å². The molecule has 20 heavy (non-hydrogen) atoms. The number of anilines is 1. The number of aliphatic carboxylic acids is 1. The minimum Gasteiger partial charge on any atom is -0.480 e. The summed E-state index contributed by atoms with van der Waals surface area (Å²) in [6, 6.07) is 1.83. The van der Waals surface area contributed by atoms with E-state index in [9.17, 15) is 14.9 Å². The number of non-ortho nitro benzene ring substituents is 1. The van der Waals surface area contributed by atoms with E-state index in [-0.39, 0.29) is 16.7 Å². The summed E-state index contributed by atoms with van der Waals surface area (Å²) in [7, 11) is 0. The first-order chi connectivity index (χ1) is 9.54. The molecule has 2 rings (SSSR count). The molecule has 0 saturated carbocycles. The molecule has 1 aromatic heterocycles. The standard InChI is InChI=1S/C11H12N4O5/c1-2-3-7(11(16)17)12-6-4-5-8(15(18)19)10-9(6)13-20-14-10/h4-5,7,12H,2-3H2,1H3,(H,16,17). The summed E-state index contributed by atoms with van der Waals surface area (Å²) in [4.78, 5) is 21.4. The lowest BCUT2D eigenvalue weighted by Crippen LogP contribution is -2.29. The van der Waals surface area contributed by atoms with Crippen LogP contribution in [0.25, 0.3) is 11.0 Å². The fraction of sp³-hybridized carbons (Fsp3) is 0.364. The van der Waals surface area contributed by atoms with Crippen LogP contribution in [0.5, 0.6) is 0 Å². The minimum absolute atomic E-state index is 0.0133. The molecule has 106 valence electrons. The number of nitrogens with one attached hydrogen (secondary N) is 1. The van der Waals surface area contributed by atoms with E-state index in [1.165, 1.54) is 12.1 Å². The Morgan fingerprint density at radius 3 is 2.80 bits per heavy atom. The molecule has 0 aliphatic carbocycles. The number of carboxylic acids is 1. The number of carboxylic acid groups (broad SMARTS) is 1. The molecule has 0 saturated heterocycles. The van der Waals surface area contributed by atoms with Crippen LogP contribution in [-0.4, -0.2) is 32.4 Å². The highest BCUT2D eigenvalue weighted by Gasteiger charge is 2.23. The summed E-state index contributed by atoms with van der Waals surface area (Å²) in [5.41, 5.74) is 0.226. The van der Waals surface area contributed by atoms with E-state index in [0.717, 1.165) is 0 Å². The van der Waals surface area contributed by atoms with Gasteiger partial charge in [-0.1, -0.05) is 13.3 Å². The molecular weight excluding hydrogens is 268 g/mol. The lowest BCUT2D eigenvalue weighted by molar-refractivity contribution is -0.383. The Morgan fingerprint density at radius 1 is 1.50 bits per heavy atom. The van der Waals surface area contributed by atoms with Gasteiger partial charge in [0.05, 0.1) is 10.6 Å². The van der Waals surface area contributed by atoms with E-state index < -0.39 is 16.9 Å². The van der Waals surface area contributed by atoms with Crippen molar-refractivity contribution in [3.05, 3.63) is 22.2 Å². The van der Waals surface area contributed by atoms with Crippen molar-refractivity contribution in [2.45, 2.75) is 25.8 Å². The largest absolute Gasteiger partial charge is 0.480 e. The van der Waals surface area contributed by atoms with Gasteiger partial charge in [0.25, 0.3) is 0 Å². The maximum absolute atomic E-state index is 11.1. The summed E-state index contributed by atoms with van der Waals surface area (Å²) >= 11 is 0. The van der Waals surface area contributed by atoms with Crippen LogP contribution in [0.2, 0.25) is 0 Å². The Morgan fingerprint density at radius 2 is 2.20 bits per heavy atom. The fourth-order valence-electron chi connectivity index (χ4n) is 1.85. The number of hydrogen-bond acceptors (Lipinski definition) is 7. The van der Waals surface area contributed by atoms with Gasteiger partial charge < -0.3 is 10.4 Å². The number of hydrogen-bond donors (Lipinski definition) is 2. The van der Waals surface area contributed by atoms with Crippen molar-refractivity contribution in [1.82, 2.24) is 10.3 Å². The molecule has 1 heterocycles. The van der Waals surface area contributed by atoms with Crippen LogP contribution in [0.4, 0.5) is 11.4 Å². The summed E-state index contributed by atoms with van der Waals surface area (Å²) in [5.74, 6) is -1.00. The molecule has 2 N–H and O–H groups in total. The van der Waals surface area contributed by atoms with Crippen molar-refractivity contribution in [2.24, 2.45) is 0 Å². The third-order valence-corrected chi connectivity index (χ3v) is 2.80. The summed E-state index contributed by atoms with van der Waals surface area (Å²) in [6.45, 7) is 1.86. The average molecular weight is 280 g/mol. The van der Waals surface area contributed by atoms with Gasteiger partial charge in [-0.25, -0.2) is 9.42 Å². The Labute approximate surface area is 112 Å². The lowest BCUT2D eigenvalue weighted by Gasteiger charge is -2.14. The molecule has 1 atom stereocenters. The quantitative estimate of drug-likeness (QED) is 0.604. The van der Waals surface area contributed by atoms with Crippen molar-refractivity contribution < 1.29 is 19.5 Å². The van der Waals surface area contributed by atoms with Gasteiger partial charge in [0.2, 0.25) is 5.52 Å². The molecule has 9 nitrogen and oxygen atoms in total. The van der Waals surface area contributed by atoms with E-state index in [1.807, 2.05) is 6.92 Å². The van der Waals surface area contributed by atoms with Gasteiger partial charge in [0, 0.05) is 6.07 Å². The van der Waals surface area contributed by atoms with E-state index >= 15 is 0 Å². The highest BCUT2D eigenvalue weighted by molar-refractivity contribution is 5.94. The van der Waals surface area contributed by atoms with Gasteiger partial charge >= 0.3 is 11.7 Å². The first-order valence-corrected chi connectivity index (χ1v) is 5.93. The SMILES string of the molecule is CCCC(Nc1ccc([N+](=O)[O-])c2nonc12)C(=O)O. The zero-order chi connectivity index (χ0) is 14.7. The topological polar surface area (TPSA) is 131 Å². The first kappa shape index (κ1) is 13.7. The second-order valence-electron chi connectivity index (χ2n) is 4.17.